The van der Waals surface area contributed by atoms with Crippen LogP contribution < -0.4 is 4.72 Å². The minimum Gasteiger partial charge on any atom is -0.443 e. The van der Waals surface area contributed by atoms with Gasteiger partial charge in [0.25, 0.3) is 10.0 Å². The fraction of sp³-hybridized carbons (Fsp3) is 0.227. The number of rotatable bonds is 5. The summed E-state index contributed by atoms with van der Waals surface area (Å²) >= 11 is 6.20. The molecule has 1 N–H and O–H groups in total. The monoisotopic (exact) mass is 471 g/mol. The van der Waals surface area contributed by atoms with Gasteiger partial charge in [-0.2, -0.15) is 0 Å². The Labute approximate surface area is 191 Å². The highest BCUT2D eigenvalue weighted by molar-refractivity contribution is 7.92. The Bertz CT molecular complexity index is 1360. The number of oxazole rings is 1. The Balaban J connectivity index is 1.72. The van der Waals surface area contributed by atoms with Crippen LogP contribution in [0.2, 0.25) is 5.02 Å². The van der Waals surface area contributed by atoms with Crippen molar-refractivity contribution in [3.63, 3.8) is 0 Å². The number of hydrogen-bond donors (Lipinski definition) is 1. The molecule has 0 unspecified atom stereocenters. The molecule has 4 aromatic rings. The highest BCUT2D eigenvalue weighted by Crippen LogP contribution is 2.30. The summed E-state index contributed by atoms with van der Waals surface area (Å²) in [5.41, 5.74) is 2.76. The lowest BCUT2D eigenvalue weighted by atomic mass is 9.87. The van der Waals surface area contributed by atoms with Gasteiger partial charge in [-0.25, -0.2) is 18.1 Å². The summed E-state index contributed by atoms with van der Waals surface area (Å²) < 4.78 is 35.6. The molecule has 4 rings (SSSR count). The third kappa shape index (κ3) is 4.26. The van der Waals surface area contributed by atoms with E-state index in [1.54, 1.807) is 37.3 Å². The van der Waals surface area contributed by atoms with Crippen LogP contribution in [0.1, 0.15) is 32.0 Å². The first-order valence-corrected chi connectivity index (χ1v) is 11.7. The van der Waals surface area contributed by atoms with E-state index in [1.807, 2.05) is 12.1 Å². The van der Waals surface area contributed by atoms with Gasteiger partial charge in [0, 0.05) is 5.02 Å². The molecule has 0 radical (unpaired) electrons. The standard InChI is InChI=1S/C22H22ClN5O3S/c1-14-20(21-24-11-12-31-21)25-27-28(14)19-13-16(23)7-10-18(19)26-32(29,30)17-8-5-15(6-9-17)22(2,3)4/h5-13,26H,1-4H3. The summed E-state index contributed by atoms with van der Waals surface area (Å²) in [5, 5.41) is 8.71. The molecule has 0 saturated carbocycles. The zero-order valence-corrected chi connectivity index (χ0v) is 19.6. The average molecular weight is 472 g/mol. The molecular weight excluding hydrogens is 450 g/mol. The Kier molecular flexibility index (Phi) is 5.56. The number of hydrogen-bond acceptors (Lipinski definition) is 6. The second-order valence-electron chi connectivity index (χ2n) is 8.31. The van der Waals surface area contributed by atoms with E-state index in [1.165, 1.54) is 17.1 Å². The van der Waals surface area contributed by atoms with Crippen molar-refractivity contribution in [2.75, 3.05) is 4.72 Å². The summed E-state index contributed by atoms with van der Waals surface area (Å²) in [5.74, 6) is 0.317. The van der Waals surface area contributed by atoms with Gasteiger partial charge in [-0.05, 0) is 48.2 Å². The number of aromatic nitrogens is 4. The number of halogens is 1. The molecule has 0 aliphatic heterocycles. The summed E-state index contributed by atoms with van der Waals surface area (Å²) in [6.45, 7) is 8.00. The van der Waals surface area contributed by atoms with Gasteiger partial charge < -0.3 is 4.42 Å². The van der Waals surface area contributed by atoms with Gasteiger partial charge in [0.1, 0.15) is 6.26 Å². The fourth-order valence-corrected chi connectivity index (χ4v) is 4.44. The van der Waals surface area contributed by atoms with Crippen molar-refractivity contribution in [3.05, 3.63) is 71.2 Å². The molecule has 0 atom stereocenters. The first kappa shape index (κ1) is 22.0. The maximum Gasteiger partial charge on any atom is 0.261 e. The summed E-state index contributed by atoms with van der Waals surface area (Å²) in [4.78, 5) is 4.25. The number of sulfonamides is 1. The second kappa shape index (κ2) is 8.07. The maximum atomic E-state index is 13.1. The first-order valence-electron chi connectivity index (χ1n) is 9.82. The largest absolute Gasteiger partial charge is 0.443 e. The van der Waals surface area contributed by atoms with Gasteiger partial charge in [-0.1, -0.05) is 49.7 Å². The molecule has 0 aliphatic rings. The highest BCUT2D eigenvalue weighted by atomic mass is 35.5. The van der Waals surface area contributed by atoms with E-state index in [-0.39, 0.29) is 10.3 Å². The van der Waals surface area contributed by atoms with Crippen LogP contribution in [0.3, 0.4) is 0 Å². The molecule has 0 aliphatic carbocycles. The topological polar surface area (TPSA) is 103 Å². The quantitative estimate of drug-likeness (QED) is 0.440. The predicted molar refractivity (Wildman–Crippen MR) is 123 cm³/mol. The van der Waals surface area contributed by atoms with E-state index >= 15 is 0 Å². The molecule has 2 heterocycles. The van der Waals surface area contributed by atoms with Crippen molar-refractivity contribution < 1.29 is 12.8 Å². The van der Waals surface area contributed by atoms with Gasteiger partial charge in [0.2, 0.25) is 5.89 Å². The lowest BCUT2D eigenvalue weighted by Crippen LogP contribution is -2.16. The van der Waals surface area contributed by atoms with Crippen LogP contribution in [0.25, 0.3) is 17.3 Å². The van der Waals surface area contributed by atoms with Crippen LogP contribution in [0, 0.1) is 6.92 Å². The maximum absolute atomic E-state index is 13.1. The number of nitrogens with one attached hydrogen (secondary N) is 1. The van der Waals surface area contributed by atoms with E-state index < -0.39 is 10.0 Å². The first-order chi connectivity index (χ1) is 15.1. The van der Waals surface area contributed by atoms with Gasteiger partial charge >= 0.3 is 0 Å². The third-order valence-electron chi connectivity index (χ3n) is 4.99. The lowest BCUT2D eigenvalue weighted by molar-refractivity contribution is 0.571. The van der Waals surface area contributed by atoms with Crippen molar-refractivity contribution in [2.24, 2.45) is 0 Å². The molecule has 166 valence electrons. The van der Waals surface area contributed by atoms with Crippen LogP contribution in [0.5, 0.6) is 0 Å². The Hall–Kier alpha value is -3.17. The SMILES string of the molecule is Cc1c(-c2ncco2)nnn1-c1cc(Cl)ccc1NS(=O)(=O)c1ccc(C(C)(C)C)cc1. The third-order valence-corrected chi connectivity index (χ3v) is 6.61. The van der Waals surface area contributed by atoms with Crippen LogP contribution in [-0.4, -0.2) is 28.4 Å². The zero-order chi connectivity index (χ0) is 23.1. The van der Waals surface area contributed by atoms with Crippen molar-refractivity contribution >= 4 is 27.3 Å². The van der Waals surface area contributed by atoms with Crippen molar-refractivity contribution in [3.8, 4) is 17.3 Å². The van der Waals surface area contributed by atoms with Crippen molar-refractivity contribution in [1.29, 1.82) is 0 Å². The fourth-order valence-electron chi connectivity index (χ4n) is 3.20. The van der Waals surface area contributed by atoms with Gasteiger partial charge in [0.05, 0.1) is 28.2 Å². The van der Waals surface area contributed by atoms with Crippen LogP contribution in [0.4, 0.5) is 5.69 Å². The van der Waals surface area contributed by atoms with Crippen molar-refractivity contribution in [2.45, 2.75) is 38.0 Å². The molecule has 0 bridgehead atoms. The molecule has 32 heavy (non-hydrogen) atoms. The molecule has 2 aromatic carbocycles. The minimum atomic E-state index is -3.85. The minimum absolute atomic E-state index is 0.0791. The van der Waals surface area contributed by atoms with E-state index in [0.29, 0.717) is 33.7 Å². The molecule has 0 saturated heterocycles. The molecule has 0 fully saturated rings. The van der Waals surface area contributed by atoms with E-state index in [4.69, 9.17) is 16.0 Å². The molecular formula is C22H22ClN5O3S. The zero-order valence-electron chi connectivity index (χ0n) is 18.0. The number of benzene rings is 2. The Morgan fingerprint density at radius 2 is 1.81 bits per heavy atom. The van der Waals surface area contributed by atoms with E-state index in [2.05, 4.69) is 40.8 Å². The molecule has 2 aromatic heterocycles. The normalized spacial score (nSPS) is 12.2. The van der Waals surface area contributed by atoms with E-state index in [9.17, 15) is 8.42 Å². The molecule has 8 nitrogen and oxygen atoms in total. The summed E-state index contributed by atoms with van der Waals surface area (Å²) in [6, 6.07) is 11.6. The number of anilines is 1. The molecule has 10 heteroatoms. The van der Waals surface area contributed by atoms with E-state index in [0.717, 1.165) is 5.56 Å². The van der Waals surface area contributed by atoms with Gasteiger partial charge in [-0.3, -0.25) is 4.72 Å². The predicted octanol–water partition coefficient (Wildman–Crippen LogP) is 4.98. The summed E-state index contributed by atoms with van der Waals surface area (Å²) in [6.07, 6.45) is 2.95. The van der Waals surface area contributed by atoms with Crippen molar-refractivity contribution in [1.82, 2.24) is 20.0 Å². The lowest BCUT2D eigenvalue weighted by Gasteiger charge is -2.19. The highest BCUT2D eigenvalue weighted by Gasteiger charge is 2.22. The smallest absolute Gasteiger partial charge is 0.261 e. The Morgan fingerprint density at radius 1 is 1.09 bits per heavy atom. The van der Waals surface area contributed by atoms with Gasteiger partial charge in [-0.15, -0.1) is 5.10 Å². The average Bonchev–Trinajstić information content (AvgIpc) is 3.38. The van der Waals surface area contributed by atoms with Crippen LogP contribution >= 0.6 is 11.6 Å². The number of nitrogens with zero attached hydrogens (tertiary/aromatic N) is 4. The van der Waals surface area contributed by atoms with Crippen LogP contribution in [-0.2, 0) is 15.4 Å². The Morgan fingerprint density at radius 3 is 2.44 bits per heavy atom. The van der Waals surface area contributed by atoms with Gasteiger partial charge in [0.15, 0.2) is 5.69 Å². The second-order valence-corrected chi connectivity index (χ2v) is 10.4. The van der Waals surface area contributed by atoms with Crippen LogP contribution in [0.15, 0.2) is 64.2 Å². The molecule has 0 spiro atoms. The molecule has 0 amide bonds. The summed E-state index contributed by atoms with van der Waals surface area (Å²) in [7, 11) is -3.85.